The average molecular weight is 243 g/mol. The molecule has 0 heterocycles. The van der Waals surface area contributed by atoms with Gasteiger partial charge in [-0.25, -0.2) is 0 Å². The molecule has 0 aliphatic carbocycles. The maximum absolute atomic E-state index is 5.88. The molecular formula is C15H17NO2. The Kier molecular flexibility index (Phi) is 4.20. The van der Waals surface area contributed by atoms with Gasteiger partial charge in [0.25, 0.3) is 0 Å². The van der Waals surface area contributed by atoms with Crippen LogP contribution in [0.5, 0.6) is 17.2 Å². The van der Waals surface area contributed by atoms with Gasteiger partial charge in [0.15, 0.2) is 0 Å². The van der Waals surface area contributed by atoms with Crippen LogP contribution < -0.4 is 14.8 Å². The summed E-state index contributed by atoms with van der Waals surface area (Å²) in [7, 11) is 3.57. The fourth-order valence-corrected chi connectivity index (χ4v) is 1.73. The summed E-state index contributed by atoms with van der Waals surface area (Å²) in [5, 5.41) is 3.13. The fraction of sp³-hybridized carbons (Fsp3) is 0.200. The van der Waals surface area contributed by atoms with Crippen LogP contribution >= 0.6 is 0 Å². The molecule has 0 radical (unpaired) electrons. The third-order valence-electron chi connectivity index (χ3n) is 2.61. The average Bonchev–Trinajstić information content (AvgIpc) is 2.41. The van der Waals surface area contributed by atoms with Crippen molar-refractivity contribution >= 4 is 0 Å². The van der Waals surface area contributed by atoms with E-state index in [1.54, 1.807) is 7.11 Å². The topological polar surface area (TPSA) is 30.5 Å². The van der Waals surface area contributed by atoms with Gasteiger partial charge in [0.2, 0.25) is 0 Å². The number of hydrogen-bond acceptors (Lipinski definition) is 3. The summed E-state index contributed by atoms with van der Waals surface area (Å²) in [6, 6.07) is 15.6. The smallest absolute Gasteiger partial charge is 0.131 e. The number of para-hydroxylation sites is 1. The Hall–Kier alpha value is -2.00. The Labute approximate surface area is 107 Å². The number of benzene rings is 2. The van der Waals surface area contributed by atoms with Gasteiger partial charge in [-0.3, -0.25) is 0 Å². The van der Waals surface area contributed by atoms with Crippen LogP contribution in [0.2, 0.25) is 0 Å². The minimum absolute atomic E-state index is 0.776. The maximum atomic E-state index is 5.88. The first-order valence-corrected chi connectivity index (χ1v) is 5.88. The Morgan fingerprint density at radius 3 is 2.56 bits per heavy atom. The molecule has 0 atom stereocenters. The summed E-state index contributed by atoms with van der Waals surface area (Å²) in [6.07, 6.45) is 0. The molecule has 0 aliphatic heterocycles. The van der Waals surface area contributed by atoms with Crippen molar-refractivity contribution in [2.75, 3.05) is 14.2 Å². The molecule has 18 heavy (non-hydrogen) atoms. The lowest BCUT2D eigenvalue weighted by Crippen LogP contribution is -2.06. The summed E-state index contributed by atoms with van der Waals surface area (Å²) < 4.78 is 11.1. The molecular weight excluding hydrogens is 226 g/mol. The van der Waals surface area contributed by atoms with E-state index < -0.39 is 0 Å². The van der Waals surface area contributed by atoms with E-state index in [9.17, 15) is 0 Å². The van der Waals surface area contributed by atoms with Crippen LogP contribution in [0, 0.1) is 0 Å². The molecule has 0 fully saturated rings. The van der Waals surface area contributed by atoms with Crippen LogP contribution in [-0.2, 0) is 6.54 Å². The SMILES string of the molecule is CNCc1ccccc1Oc1cccc(OC)c1. The van der Waals surface area contributed by atoms with Crippen LogP contribution in [0.25, 0.3) is 0 Å². The molecule has 2 rings (SSSR count). The molecule has 0 aromatic heterocycles. The minimum Gasteiger partial charge on any atom is -0.497 e. The first kappa shape index (κ1) is 12.5. The van der Waals surface area contributed by atoms with E-state index in [4.69, 9.17) is 9.47 Å². The number of methoxy groups -OCH3 is 1. The Morgan fingerprint density at radius 1 is 1.00 bits per heavy atom. The van der Waals surface area contributed by atoms with Crippen molar-refractivity contribution in [1.29, 1.82) is 0 Å². The van der Waals surface area contributed by atoms with Crippen LogP contribution in [0.3, 0.4) is 0 Å². The molecule has 0 aliphatic rings. The number of hydrogen-bond donors (Lipinski definition) is 1. The van der Waals surface area contributed by atoms with Crippen molar-refractivity contribution in [2.24, 2.45) is 0 Å². The van der Waals surface area contributed by atoms with Crippen molar-refractivity contribution in [3.63, 3.8) is 0 Å². The van der Waals surface area contributed by atoms with Gasteiger partial charge < -0.3 is 14.8 Å². The zero-order chi connectivity index (χ0) is 12.8. The molecule has 0 saturated heterocycles. The van der Waals surface area contributed by atoms with Gasteiger partial charge in [0, 0.05) is 18.2 Å². The summed E-state index contributed by atoms with van der Waals surface area (Å²) in [6.45, 7) is 0.778. The van der Waals surface area contributed by atoms with Crippen LogP contribution in [-0.4, -0.2) is 14.2 Å². The highest BCUT2D eigenvalue weighted by molar-refractivity contribution is 5.40. The highest BCUT2D eigenvalue weighted by Crippen LogP contribution is 2.27. The molecule has 94 valence electrons. The number of nitrogens with one attached hydrogen (secondary N) is 1. The van der Waals surface area contributed by atoms with Crippen molar-refractivity contribution in [3.8, 4) is 17.2 Å². The van der Waals surface area contributed by atoms with Gasteiger partial charge in [0.1, 0.15) is 17.2 Å². The normalized spacial score (nSPS) is 10.1. The second-order valence-corrected chi connectivity index (χ2v) is 3.92. The fourth-order valence-electron chi connectivity index (χ4n) is 1.73. The first-order chi connectivity index (χ1) is 8.83. The second-order valence-electron chi connectivity index (χ2n) is 3.92. The van der Waals surface area contributed by atoms with Crippen molar-refractivity contribution in [3.05, 3.63) is 54.1 Å². The van der Waals surface area contributed by atoms with Crippen LogP contribution in [0.15, 0.2) is 48.5 Å². The van der Waals surface area contributed by atoms with Gasteiger partial charge in [-0.1, -0.05) is 24.3 Å². The quantitative estimate of drug-likeness (QED) is 0.874. The van der Waals surface area contributed by atoms with Crippen LogP contribution in [0.1, 0.15) is 5.56 Å². The van der Waals surface area contributed by atoms with Crippen molar-refractivity contribution < 1.29 is 9.47 Å². The molecule has 1 N–H and O–H groups in total. The first-order valence-electron chi connectivity index (χ1n) is 5.88. The summed E-state index contributed by atoms with van der Waals surface area (Å²) in [5.41, 5.74) is 1.13. The number of rotatable bonds is 5. The predicted octanol–water partition coefficient (Wildman–Crippen LogP) is 3.21. The molecule has 3 nitrogen and oxygen atoms in total. The van der Waals surface area contributed by atoms with E-state index in [1.165, 1.54) is 0 Å². The molecule has 2 aromatic rings. The second kappa shape index (κ2) is 6.07. The maximum Gasteiger partial charge on any atom is 0.131 e. The van der Waals surface area contributed by atoms with E-state index in [1.807, 2.05) is 55.6 Å². The standard InChI is InChI=1S/C15H17NO2/c1-16-11-12-6-3-4-9-15(12)18-14-8-5-7-13(10-14)17-2/h3-10,16H,11H2,1-2H3. The van der Waals surface area contributed by atoms with Gasteiger partial charge in [0.05, 0.1) is 7.11 Å². The summed E-state index contributed by atoms with van der Waals surface area (Å²) in [4.78, 5) is 0. The Morgan fingerprint density at radius 2 is 1.78 bits per heavy atom. The third kappa shape index (κ3) is 3.02. The van der Waals surface area contributed by atoms with E-state index in [-0.39, 0.29) is 0 Å². The summed E-state index contributed by atoms with van der Waals surface area (Å²) >= 11 is 0. The monoisotopic (exact) mass is 243 g/mol. The highest BCUT2D eigenvalue weighted by Gasteiger charge is 2.04. The van der Waals surface area contributed by atoms with Gasteiger partial charge in [-0.15, -0.1) is 0 Å². The molecule has 3 heteroatoms. The zero-order valence-corrected chi connectivity index (χ0v) is 10.6. The van der Waals surface area contributed by atoms with E-state index >= 15 is 0 Å². The number of ether oxygens (including phenoxy) is 2. The molecule has 0 unspecified atom stereocenters. The predicted molar refractivity (Wildman–Crippen MR) is 72.3 cm³/mol. The Bertz CT molecular complexity index is 511. The van der Waals surface area contributed by atoms with Gasteiger partial charge >= 0.3 is 0 Å². The summed E-state index contributed by atoms with van der Waals surface area (Å²) in [5.74, 6) is 2.43. The third-order valence-corrected chi connectivity index (χ3v) is 2.61. The molecule has 0 amide bonds. The van der Waals surface area contributed by atoms with Crippen LogP contribution in [0.4, 0.5) is 0 Å². The van der Waals surface area contributed by atoms with E-state index in [0.29, 0.717) is 0 Å². The Balaban J connectivity index is 2.22. The van der Waals surface area contributed by atoms with Crippen molar-refractivity contribution in [1.82, 2.24) is 5.32 Å². The van der Waals surface area contributed by atoms with Gasteiger partial charge in [-0.2, -0.15) is 0 Å². The van der Waals surface area contributed by atoms with E-state index in [0.717, 1.165) is 29.4 Å². The molecule has 0 bridgehead atoms. The van der Waals surface area contributed by atoms with E-state index in [2.05, 4.69) is 5.32 Å². The minimum atomic E-state index is 0.776. The lowest BCUT2D eigenvalue weighted by molar-refractivity contribution is 0.408. The lowest BCUT2D eigenvalue weighted by atomic mass is 10.2. The van der Waals surface area contributed by atoms with Crippen molar-refractivity contribution in [2.45, 2.75) is 6.54 Å². The molecule has 2 aromatic carbocycles. The lowest BCUT2D eigenvalue weighted by Gasteiger charge is -2.11. The van der Waals surface area contributed by atoms with Gasteiger partial charge in [-0.05, 0) is 25.2 Å². The largest absolute Gasteiger partial charge is 0.497 e. The molecule has 0 spiro atoms. The highest BCUT2D eigenvalue weighted by atomic mass is 16.5. The molecule has 0 saturated carbocycles. The zero-order valence-electron chi connectivity index (χ0n) is 10.6.